The van der Waals surface area contributed by atoms with Gasteiger partial charge in [0.2, 0.25) is 0 Å². The number of rotatable bonds is 3. The lowest BCUT2D eigenvalue weighted by Crippen LogP contribution is -2.30. The molecule has 0 saturated carbocycles. The van der Waals surface area contributed by atoms with Crippen LogP contribution in [0.25, 0.3) is 0 Å². The molecule has 0 unspecified atom stereocenters. The quantitative estimate of drug-likeness (QED) is 0.928. The lowest BCUT2D eigenvalue weighted by Gasteiger charge is -2.31. The third-order valence-corrected chi connectivity index (χ3v) is 4.82. The first-order valence-corrected chi connectivity index (χ1v) is 7.77. The number of fused-ring (bicyclic) bond motifs is 1. The van der Waals surface area contributed by atoms with Crippen LogP contribution >= 0.6 is 22.9 Å². The van der Waals surface area contributed by atoms with Crippen molar-refractivity contribution >= 4 is 28.6 Å². The van der Waals surface area contributed by atoms with Crippen molar-refractivity contribution in [2.24, 2.45) is 0 Å². The third kappa shape index (κ3) is 2.64. The van der Waals surface area contributed by atoms with Crippen LogP contribution in [-0.4, -0.2) is 13.6 Å². The van der Waals surface area contributed by atoms with Crippen molar-refractivity contribution in [1.29, 1.82) is 0 Å². The van der Waals surface area contributed by atoms with E-state index in [1.807, 2.05) is 24.5 Å². The van der Waals surface area contributed by atoms with Crippen molar-refractivity contribution in [1.82, 2.24) is 5.32 Å². The van der Waals surface area contributed by atoms with Gasteiger partial charge in [-0.25, -0.2) is 0 Å². The van der Waals surface area contributed by atoms with Crippen LogP contribution in [0.5, 0.6) is 0 Å². The molecule has 2 aromatic rings. The van der Waals surface area contributed by atoms with Gasteiger partial charge in [-0.2, -0.15) is 0 Å². The molecule has 0 fully saturated rings. The molecule has 0 radical (unpaired) electrons. The maximum absolute atomic E-state index is 6.11. The minimum atomic E-state index is 0.808. The van der Waals surface area contributed by atoms with Crippen LogP contribution in [0.4, 0.5) is 5.69 Å². The van der Waals surface area contributed by atoms with Gasteiger partial charge in [0.25, 0.3) is 0 Å². The van der Waals surface area contributed by atoms with E-state index in [0.29, 0.717) is 0 Å². The first kappa shape index (κ1) is 13.0. The fourth-order valence-corrected chi connectivity index (χ4v) is 3.73. The van der Waals surface area contributed by atoms with Crippen LogP contribution in [0.1, 0.15) is 16.0 Å². The van der Waals surface area contributed by atoms with Crippen LogP contribution in [0.3, 0.4) is 0 Å². The molecule has 1 aromatic heterocycles. The average molecular weight is 293 g/mol. The van der Waals surface area contributed by atoms with Crippen molar-refractivity contribution in [2.75, 3.05) is 18.5 Å². The predicted molar refractivity (Wildman–Crippen MR) is 83.3 cm³/mol. The van der Waals surface area contributed by atoms with Crippen LogP contribution in [0, 0.1) is 0 Å². The molecule has 0 spiro atoms. The van der Waals surface area contributed by atoms with Crippen molar-refractivity contribution in [2.45, 2.75) is 19.5 Å². The van der Waals surface area contributed by atoms with Gasteiger partial charge in [0.15, 0.2) is 0 Å². The molecule has 2 heterocycles. The summed E-state index contributed by atoms with van der Waals surface area (Å²) < 4.78 is 0. The van der Waals surface area contributed by atoms with E-state index in [2.05, 4.69) is 33.8 Å². The summed E-state index contributed by atoms with van der Waals surface area (Å²) in [6, 6.07) is 8.45. The fraction of sp³-hybridized carbons (Fsp3) is 0.333. The summed E-state index contributed by atoms with van der Waals surface area (Å²) in [7, 11) is 1.97. The molecular formula is C15H17ClN2S. The van der Waals surface area contributed by atoms with Crippen molar-refractivity contribution in [3.63, 3.8) is 0 Å². The highest BCUT2D eigenvalue weighted by Gasteiger charge is 2.19. The maximum Gasteiger partial charge on any atom is 0.0440 e. The molecule has 4 heteroatoms. The molecule has 1 N–H and O–H groups in total. The Morgan fingerprint density at radius 2 is 2.26 bits per heavy atom. The number of hydrogen-bond acceptors (Lipinski definition) is 3. The standard InChI is InChI=1S/C15H17ClN2S/c1-17-9-12-8-13(16)2-3-14(12)18-6-4-15-11(10-18)5-7-19-15/h2-3,5,7-8,17H,4,6,9-10H2,1H3. The summed E-state index contributed by atoms with van der Waals surface area (Å²) in [6.07, 6.45) is 1.15. The number of thiophene rings is 1. The average Bonchev–Trinajstić information content (AvgIpc) is 2.86. The monoisotopic (exact) mass is 292 g/mol. The summed E-state index contributed by atoms with van der Waals surface area (Å²) >= 11 is 7.99. The maximum atomic E-state index is 6.11. The zero-order valence-corrected chi connectivity index (χ0v) is 12.5. The highest BCUT2D eigenvalue weighted by Crippen LogP contribution is 2.31. The molecule has 100 valence electrons. The molecule has 1 aliphatic heterocycles. The Balaban J connectivity index is 1.90. The fourth-order valence-electron chi connectivity index (χ4n) is 2.65. The van der Waals surface area contributed by atoms with Gasteiger partial charge in [-0.05, 0) is 54.2 Å². The summed E-state index contributed by atoms with van der Waals surface area (Å²) in [5.74, 6) is 0. The number of hydrogen-bond donors (Lipinski definition) is 1. The second-order valence-corrected chi connectivity index (χ2v) is 6.28. The predicted octanol–water partition coefficient (Wildman–Crippen LogP) is 3.68. The van der Waals surface area contributed by atoms with Crippen molar-refractivity contribution < 1.29 is 0 Å². The molecule has 19 heavy (non-hydrogen) atoms. The zero-order chi connectivity index (χ0) is 13.2. The number of nitrogens with zero attached hydrogens (tertiary/aromatic N) is 1. The van der Waals surface area contributed by atoms with Gasteiger partial charge in [0.1, 0.15) is 0 Å². The zero-order valence-electron chi connectivity index (χ0n) is 10.9. The van der Waals surface area contributed by atoms with E-state index in [4.69, 9.17) is 11.6 Å². The second kappa shape index (κ2) is 5.53. The smallest absolute Gasteiger partial charge is 0.0440 e. The lowest BCUT2D eigenvalue weighted by molar-refractivity contribution is 0.729. The summed E-state index contributed by atoms with van der Waals surface area (Å²) in [6.45, 7) is 2.95. The van der Waals surface area contributed by atoms with Gasteiger partial charge >= 0.3 is 0 Å². The number of benzene rings is 1. The largest absolute Gasteiger partial charge is 0.367 e. The Labute approximate surface area is 123 Å². The Morgan fingerprint density at radius 3 is 3.11 bits per heavy atom. The van der Waals surface area contributed by atoms with Gasteiger partial charge in [-0.3, -0.25) is 0 Å². The number of anilines is 1. The van der Waals surface area contributed by atoms with Crippen molar-refractivity contribution in [3.8, 4) is 0 Å². The Hall–Kier alpha value is -1.03. The minimum absolute atomic E-state index is 0.808. The van der Waals surface area contributed by atoms with E-state index in [0.717, 1.165) is 31.1 Å². The van der Waals surface area contributed by atoms with Gasteiger partial charge in [0, 0.05) is 35.2 Å². The van der Waals surface area contributed by atoms with Gasteiger partial charge in [-0.15, -0.1) is 11.3 Å². The van der Waals surface area contributed by atoms with E-state index in [9.17, 15) is 0 Å². The number of nitrogens with one attached hydrogen (secondary N) is 1. The van der Waals surface area contributed by atoms with E-state index < -0.39 is 0 Å². The Bertz CT molecular complexity index is 579. The van der Waals surface area contributed by atoms with Crippen LogP contribution in [0.15, 0.2) is 29.6 Å². The molecular weight excluding hydrogens is 276 g/mol. The molecule has 0 atom stereocenters. The van der Waals surface area contributed by atoms with Crippen LogP contribution in [-0.2, 0) is 19.5 Å². The number of halogens is 1. The van der Waals surface area contributed by atoms with E-state index >= 15 is 0 Å². The topological polar surface area (TPSA) is 15.3 Å². The lowest BCUT2D eigenvalue weighted by atomic mass is 10.1. The highest BCUT2D eigenvalue weighted by atomic mass is 35.5. The van der Waals surface area contributed by atoms with E-state index in [1.54, 1.807) is 4.88 Å². The molecule has 0 bridgehead atoms. The van der Waals surface area contributed by atoms with Crippen LogP contribution in [0.2, 0.25) is 5.02 Å². The second-order valence-electron chi connectivity index (χ2n) is 4.84. The molecule has 0 amide bonds. The molecule has 1 aromatic carbocycles. The molecule has 1 aliphatic rings. The van der Waals surface area contributed by atoms with Crippen LogP contribution < -0.4 is 10.2 Å². The first-order chi connectivity index (χ1) is 9.28. The Morgan fingerprint density at radius 1 is 1.37 bits per heavy atom. The van der Waals surface area contributed by atoms with Gasteiger partial charge in [0.05, 0.1) is 0 Å². The normalized spacial score (nSPS) is 14.5. The highest BCUT2D eigenvalue weighted by molar-refractivity contribution is 7.10. The third-order valence-electron chi connectivity index (χ3n) is 3.56. The van der Waals surface area contributed by atoms with Crippen molar-refractivity contribution in [3.05, 3.63) is 50.7 Å². The summed E-state index contributed by atoms with van der Waals surface area (Å²) in [4.78, 5) is 4.00. The minimum Gasteiger partial charge on any atom is -0.367 e. The van der Waals surface area contributed by atoms with E-state index in [-0.39, 0.29) is 0 Å². The van der Waals surface area contributed by atoms with E-state index in [1.165, 1.54) is 16.8 Å². The SMILES string of the molecule is CNCc1cc(Cl)ccc1N1CCc2sccc2C1. The first-order valence-electron chi connectivity index (χ1n) is 6.51. The summed E-state index contributed by atoms with van der Waals surface area (Å²) in [5, 5.41) is 6.23. The summed E-state index contributed by atoms with van der Waals surface area (Å²) in [5.41, 5.74) is 4.05. The molecule has 2 nitrogen and oxygen atoms in total. The van der Waals surface area contributed by atoms with Gasteiger partial charge < -0.3 is 10.2 Å². The molecule has 0 aliphatic carbocycles. The van der Waals surface area contributed by atoms with Gasteiger partial charge in [-0.1, -0.05) is 11.6 Å². The Kier molecular flexibility index (Phi) is 3.78. The molecule has 3 rings (SSSR count). The molecule has 0 saturated heterocycles.